The van der Waals surface area contributed by atoms with Gasteiger partial charge in [0, 0.05) is 23.7 Å². The van der Waals surface area contributed by atoms with Gasteiger partial charge in [-0.1, -0.05) is 12.1 Å². The summed E-state index contributed by atoms with van der Waals surface area (Å²) >= 11 is 0. The van der Waals surface area contributed by atoms with Crippen LogP contribution in [-0.2, 0) is 16.6 Å². The summed E-state index contributed by atoms with van der Waals surface area (Å²) in [5, 5.41) is 0. The number of amides is 1. The number of methoxy groups -OCH3 is 2. The highest BCUT2D eigenvalue weighted by molar-refractivity contribution is 7.89. The number of nitrogens with zero attached hydrogens (tertiary/aromatic N) is 1. The summed E-state index contributed by atoms with van der Waals surface area (Å²) in [4.78, 5) is 15.1. The molecule has 0 atom stereocenters. The van der Waals surface area contributed by atoms with Gasteiger partial charge in [0.25, 0.3) is 5.91 Å². The number of rotatable bonds is 10. The summed E-state index contributed by atoms with van der Waals surface area (Å²) in [7, 11) is -0.548. The first-order valence-electron chi connectivity index (χ1n) is 9.62. The van der Waals surface area contributed by atoms with E-state index in [1.165, 1.54) is 18.2 Å². The van der Waals surface area contributed by atoms with Crippen LogP contribution < -0.4 is 14.2 Å². The molecule has 1 aliphatic carbocycles. The van der Waals surface area contributed by atoms with Crippen LogP contribution in [0.15, 0.2) is 60.0 Å². The smallest absolute Gasteiger partial charge is 0.254 e. The SMILES string of the molecule is C=CCNS(=O)(=O)c1cccc(C(=O)N(Cc2cc(OC)ccc2OC)C2CC2)c1. The summed E-state index contributed by atoms with van der Waals surface area (Å²) in [6.07, 6.45) is 3.29. The van der Waals surface area contributed by atoms with Crippen molar-refractivity contribution < 1.29 is 22.7 Å². The van der Waals surface area contributed by atoms with Crippen molar-refractivity contribution in [1.29, 1.82) is 0 Å². The molecule has 30 heavy (non-hydrogen) atoms. The number of carbonyl (C=O) groups is 1. The van der Waals surface area contributed by atoms with Crippen LogP contribution in [0.1, 0.15) is 28.8 Å². The Morgan fingerprint density at radius 2 is 1.97 bits per heavy atom. The topological polar surface area (TPSA) is 84.9 Å². The lowest BCUT2D eigenvalue weighted by Crippen LogP contribution is -2.33. The molecular weight excluding hydrogens is 404 g/mol. The second-order valence-electron chi connectivity index (χ2n) is 7.01. The lowest BCUT2D eigenvalue weighted by molar-refractivity contribution is 0.0728. The van der Waals surface area contributed by atoms with Crippen molar-refractivity contribution in [2.75, 3.05) is 20.8 Å². The second-order valence-corrected chi connectivity index (χ2v) is 8.78. The molecule has 0 spiro atoms. The number of carbonyl (C=O) groups excluding carboxylic acids is 1. The highest BCUT2D eigenvalue weighted by Crippen LogP contribution is 2.33. The van der Waals surface area contributed by atoms with Crippen LogP contribution in [0.5, 0.6) is 11.5 Å². The molecule has 0 unspecified atom stereocenters. The average molecular weight is 431 g/mol. The number of sulfonamides is 1. The standard InChI is InChI=1S/C22H26N2O5S/c1-4-12-23-30(26,27)20-7-5-6-16(14-20)22(25)24(18-8-9-18)15-17-13-19(28-2)10-11-21(17)29-3/h4-7,10-11,13-14,18,23H,1,8-9,12,15H2,2-3H3. The van der Waals surface area contributed by atoms with Gasteiger partial charge in [-0.15, -0.1) is 6.58 Å². The zero-order valence-corrected chi connectivity index (χ0v) is 17.9. The Morgan fingerprint density at radius 3 is 2.60 bits per heavy atom. The van der Waals surface area contributed by atoms with Gasteiger partial charge in [-0.2, -0.15) is 0 Å². The van der Waals surface area contributed by atoms with Gasteiger partial charge < -0.3 is 14.4 Å². The van der Waals surface area contributed by atoms with Crippen molar-refractivity contribution in [3.05, 3.63) is 66.2 Å². The van der Waals surface area contributed by atoms with E-state index in [0.29, 0.717) is 23.6 Å². The summed E-state index contributed by atoms with van der Waals surface area (Å²) in [6, 6.07) is 11.7. The van der Waals surface area contributed by atoms with Crippen LogP contribution in [0, 0.1) is 0 Å². The molecule has 1 aliphatic rings. The van der Waals surface area contributed by atoms with E-state index in [1.54, 1.807) is 37.3 Å². The van der Waals surface area contributed by atoms with Gasteiger partial charge in [0.1, 0.15) is 11.5 Å². The summed E-state index contributed by atoms with van der Waals surface area (Å²) in [5.41, 5.74) is 1.15. The third-order valence-electron chi connectivity index (χ3n) is 4.89. The molecule has 1 fully saturated rings. The second kappa shape index (κ2) is 9.32. The summed E-state index contributed by atoms with van der Waals surface area (Å²) in [5.74, 6) is 1.12. The molecule has 1 saturated carbocycles. The van der Waals surface area contributed by atoms with E-state index >= 15 is 0 Å². The Kier molecular flexibility index (Phi) is 6.79. The van der Waals surface area contributed by atoms with Crippen molar-refractivity contribution in [2.45, 2.75) is 30.3 Å². The molecule has 0 aliphatic heterocycles. The summed E-state index contributed by atoms with van der Waals surface area (Å²) < 4.78 is 38.0. The molecule has 2 aromatic rings. The maximum Gasteiger partial charge on any atom is 0.254 e. The maximum atomic E-state index is 13.3. The zero-order chi connectivity index (χ0) is 21.7. The van der Waals surface area contributed by atoms with E-state index in [-0.39, 0.29) is 23.4 Å². The normalized spacial score (nSPS) is 13.5. The first-order chi connectivity index (χ1) is 14.4. The number of nitrogens with one attached hydrogen (secondary N) is 1. The molecule has 0 saturated heterocycles. The van der Waals surface area contributed by atoms with Gasteiger partial charge in [-0.25, -0.2) is 13.1 Å². The molecule has 160 valence electrons. The zero-order valence-electron chi connectivity index (χ0n) is 17.1. The van der Waals surface area contributed by atoms with Crippen molar-refractivity contribution in [1.82, 2.24) is 9.62 Å². The number of ether oxygens (including phenoxy) is 2. The fourth-order valence-corrected chi connectivity index (χ4v) is 4.20. The third kappa shape index (κ3) is 5.01. The van der Waals surface area contributed by atoms with Gasteiger partial charge in [0.15, 0.2) is 0 Å². The van der Waals surface area contributed by atoms with Crippen molar-refractivity contribution in [2.24, 2.45) is 0 Å². The Balaban J connectivity index is 1.89. The molecule has 0 aromatic heterocycles. The van der Waals surface area contributed by atoms with E-state index in [1.807, 2.05) is 12.1 Å². The van der Waals surface area contributed by atoms with E-state index in [2.05, 4.69) is 11.3 Å². The third-order valence-corrected chi connectivity index (χ3v) is 6.31. The van der Waals surface area contributed by atoms with Crippen LogP contribution in [0.4, 0.5) is 0 Å². The molecule has 1 amide bonds. The van der Waals surface area contributed by atoms with Gasteiger partial charge >= 0.3 is 0 Å². The first kappa shape index (κ1) is 21.9. The highest BCUT2D eigenvalue weighted by Gasteiger charge is 2.34. The lowest BCUT2D eigenvalue weighted by atomic mass is 10.1. The van der Waals surface area contributed by atoms with Gasteiger partial charge in [-0.3, -0.25) is 4.79 Å². The molecule has 7 nitrogen and oxygen atoms in total. The first-order valence-corrected chi connectivity index (χ1v) is 11.1. The van der Waals surface area contributed by atoms with Gasteiger partial charge in [0.2, 0.25) is 10.0 Å². The molecule has 1 N–H and O–H groups in total. The quantitative estimate of drug-likeness (QED) is 0.586. The van der Waals surface area contributed by atoms with E-state index in [4.69, 9.17) is 9.47 Å². The summed E-state index contributed by atoms with van der Waals surface area (Å²) in [6.45, 7) is 3.97. The number of hydrogen-bond acceptors (Lipinski definition) is 5. The van der Waals surface area contributed by atoms with Crippen molar-refractivity contribution in [3.8, 4) is 11.5 Å². The Hall–Kier alpha value is -2.84. The molecule has 2 aromatic carbocycles. The fourth-order valence-electron chi connectivity index (χ4n) is 3.16. The minimum absolute atomic E-state index is 0.0462. The molecule has 0 heterocycles. The van der Waals surface area contributed by atoms with E-state index in [9.17, 15) is 13.2 Å². The molecule has 0 radical (unpaired) electrons. The molecule has 0 bridgehead atoms. The molecule has 3 rings (SSSR count). The average Bonchev–Trinajstić information content (AvgIpc) is 3.60. The minimum Gasteiger partial charge on any atom is -0.497 e. The Labute approximate surface area is 177 Å². The van der Waals surface area contributed by atoms with Crippen LogP contribution in [-0.4, -0.2) is 46.0 Å². The van der Waals surface area contributed by atoms with Gasteiger partial charge in [0.05, 0.1) is 25.7 Å². The Bertz CT molecular complexity index is 1030. The van der Waals surface area contributed by atoms with Crippen molar-refractivity contribution in [3.63, 3.8) is 0 Å². The van der Waals surface area contributed by atoms with E-state index < -0.39 is 10.0 Å². The van der Waals surface area contributed by atoms with Crippen LogP contribution in [0.3, 0.4) is 0 Å². The predicted octanol–water partition coefficient (Wildman–Crippen LogP) is 2.97. The lowest BCUT2D eigenvalue weighted by Gasteiger charge is -2.24. The number of benzene rings is 2. The van der Waals surface area contributed by atoms with Crippen LogP contribution in [0.2, 0.25) is 0 Å². The molecule has 8 heteroatoms. The van der Waals surface area contributed by atoms with Crippen LogP contribution in [0.25, 0.3) is 0 Å². The molecular formula is C22H26N2O5S. The Morgan fingerprint density at radius 1 is 1.20 bits per heavy atom. The monoisotopic (exact) mass is 430 g/mol. The van der Waals surface area contributed by atoms with E-state index in [0.717, 1.165) is 18.4 Å². The maximum absolute atomic E-state index is 13.3. The predicted molar refractivity (Wildman–Crippen MR) is 114 cm³/mol. The largest absolute Gasteiger partial charge is 0.497 e. The fraction of sp³-hybridized carbons (Fsp3) is 0.318. The van der Waals surface area contributed by atoms with Crippen LogP contribution >= 0.6 is 0 Å². The van der Waals surface area contributed by atoms with Gasteiger partial charge in [-0.05, 0) is 49.2 Å². The number of hydrogen-bond donors (Lipinski definition) is 1. The van der Waals surface area contributed by atoms with Crippen molar-refractivity contribution >= 4 is 15.9 Å². The highest BCUT2D eigenvalue weighted by atomic mass is 32.2. The minimum atomic E-state index is -3.72.